The minimum absolute atomic E-state index is 0.0679. The summed E-state index contributed by atoms with van der Waals surface area (Å²) in [6, 6.07) is 12.8. The highest BCUT2D eigenvalue weighted by molar-refractivity contribution is 7.89. The summed E-state index contributed by atoms with van der Waals surface area (Å²) in [7, 11) is -1.84. The largest absolute Gasteiger partial charge is 0.497 e. The predicted octanol–water partition coefficient (Wildman–Crippen LogP) is 2.91. The molecule has 34 heavy (non-hydrogen) atoms. The van der Waals surface area contributed by atoms with Gasteiger partial charge in [0.15, 0.2) is 6.61 Å². The number of sulfonamides is 1. The van der Waals surface area contributed by atoms with Crippen LogP contribution in [0.4, 0.5) is 5.69 Å². The summed E-state index contributed by atoms with van der Waals surface area (Å²) >= 11 is 0. The van der Waals surface area contributed by atoms with Gasteiger partial charge in [0.25, 0.3) is 5.91 Å². The number of hydrogen-bond acceptors (Lipinski definition) is 6. The fourth-order valence-corrected chi connectivity index (χ4v) is 6.04. The number of ether oxygens (including phenoxy) is 2. The van der Waals surface area contributed by atoms with Gasteiger partial charge in [-0.3, -0.25) is 4.79 Å². The lowest BCUT2D eigenvalue weighted by Gasteiger charge is -2.36. The van der Waals surface area contributed by atoms with Gasteiger partial charge in [-0.2, -0.15) is 4.31 Å². The number of nitrogens with zero attached hydrogens (tertiary/aromatic N) is 3. The van der Waals surface area contributed by atoms with Crippen LogP contribution in [0, 0.1) is 6.92 Å². The summed E-state index contributed by atoms with van der Waals surface area (Å²) in [6.07, 6.45) is 2.87. The molecule has 2 aliphatic rings. The molecule has 0 bridgehead atoms. The predicted molar refractivity (Wildman–Crippen MR) is 131 cm³/mol. The number of piperazine rings is 1. The number of carbonyl (C=O) groups excluding carboxylic acids is 1. The molecular weight excluding hydrogens is 454 g/mol. The van der Waals surface area contributed by atoms with E-state index in [-0.39, 0.29) is 17.4 Å². The van der Waals surface area contributed by atoms with Crippen molar-refractivity contribution in [1.82, 2.24) is 9.21 Å². The molecule has 0 aliphatic carbocycles. The van der Waals surface area contributed by atoms with Gasteiger partial charge in [-0.1, -0.05) is 6.42 Å². The maximum absolute atomic E-state index is 12.9. The first-order valence-corrected chi connectivity index (χ1v) is 13.2. The molecule has 2 aromatic carbocycles. The van der Waals surface area contributed by atoms with E-state index in [1.54, 1.807) is 29.6 Å². The van der Waals surface area contributed by atoms with E-state index in [0.717, 1.165) is 43.8 Å². The normalized spacial score (nSPS) is 17.5. The molecule has 0 saturated carbocycles. The number of carbonyl (C=O) groups is 1. The second-order valence-corrected chi connectivity index (χ2v) is 10.7. The van der Waals surface area contributed by atoms with Gasteiger partial charge in [0.05, 0.1) is 12.0 Å². The maximum atomic E-state index is 12.9. The Balaban J connectivity index is 1.30. The third kappa shape index (κ3) is 5.47. The summed E-state index contributed by atoms with van der Waals surface area (Å²) < 4.78 is 38.3. The molecule has 0 atom stereocenters. The summed E-state index contributed by atoms with van der Waals surface area (Å²) in [6.45, 7) is 5.63. The molecule has 1 amide bonds. The molecule has 0 spiro atoms. The Bertz CT molecular complexity index is 1090. The lowest BCUT2D eigenvalue weighted by molar-refractivity contribution is -0.133. The molecule has 2 aromatic rings. The number of hydrogen-bond donors (Lipinski definition) is 0. The zero-order valence-electron chi connectivity index (χ0n) is 19.9. The van der Waals surface area contributed by atoms with Crippen LogP contribution in [0.2, 0.25) is 0 Å². The van der Waals surface area contributed by atoms with Crippen molar-refractivity contribution in [2.24, 2.45) is 0 Å². The second kappa shape index (κ2) is 10.7. The molecular formula is C25H33N3O5S. The molecule has 9 heteroatoms. The van der Waals surface area contributed by atoms with E-state index in [4.69, 9.17) is 9.47 Å². The molecule has 2 saturated heterocycles. The van der Waals surface area contributed by atoms with Crippen LogP contribution in [0.5, 0.6) is 11.5 Å². The average Bonchev–Trinajstić information content (AvgIpc) is 2.88. The number of benzene rings is 2. The van der Waals surface area contributed by atoms with Crippen molar-refractivity contribution in [2.75, 3.05) is 57.9 Å². The zero-order valence-corrected chi connectivity index (χ0v) is 20.7. The second-order valence-electron chi connectivity index (χ2n) is 8.75. The third-order valence-corrected chi connectivity index (χ3v) is 8.41. The zero-order chi connectivity index (χ0) is 24.1. The lowest BCUT2D eigenvalue weighted by Crippen LogP contribution is -2.50. The van der Waals surface area contributed by atoms with Crippen LogP contribution in [-0.2, 0) is 14.8 Å². The van der Waals surface area contributed by atoms with Crippen LogP contribution < -0.4 is 14.4 Å². The van der Waals surface area contributed by atoms with Crippen LogP contribution in [0.15, 0.2) is 47.4 Å². The van der Waals surface area contributed by atoms with Gasteiger partial charge in [0, 0.05) is 45.0 Å². The maximum Gasteiger partial charge on any atom is 0.260 e. The van der Waals surface area contributed by atoms with E-state index in [9.17, 15) is 13.2 Å². The van der Waals surface area contributed by atoms with Crippen molar-refractivity contribution < 1.29 is 22.7 Å². The van der Waals surface area contributed by atoms with Gasteiger partial charge in [-0.05, 0) is 67.8 Å². The molecule has 0 radical (unpaired) electrons. The highest BCUT2D eigenvalue weighted by Crippen LogP contribution is 2.26. The SMILES string of the molecule is COc1ccc(N2CCN(C(=O)COc3ccc(S(=O)(=O)N4CCCCC4)cc3C)CC2)cc1. The van der Waals surface area contributed by atoms with E-state index in [1.807, 2.05) is 36.1 Å². The van der Waals surface area contributed by atoms with Crippen LogP contribution in [0.3, 0.4) is 0 Å². The molecule has 0 N–H and O–H groups in total. The number of anilines is 1. The Kier molecular flexibility index (Phi) is 7.63. The van der Waals surface area contributed by atoms with Crippen LogP contribution >= 0.6 is 0 Å². The summed E-state index contributed by atoms with van der Waals surface area (Å²) in [5.74, 6) is 1.28. The van der Waals surface area contributed by atoms with Crippen molar-refractivity contribution in [3.8, 4) is 11.5 Å². The van der Waals surface area contributed by atoms with Gasteiger partial charge in [0.1, 0.15) is 11.5 Å². The molecule has 2 heterocycles. The summed E-state index contributed by atoms with van der Waals surface area (Å²) in [5.41, 5.74) is 1.81. The molecule has 184 valence electrons. The van der Waals surface area contributed by atoms with E-state index in [2.05, 4.69) is 4.90 Å². The average molecular weight is 488 g/mol. The van der Waals surface area contributed by atoms with Gasteiger partial charge >= 0.3 is 0 Å². The Labute approximate surface area is 202 Å². The van der Waals surface area contributed by atoms with Crippen LogP contribution in [-0.4, -0.2) is 76.5 Å². The van der Waals surface area contributed by atoms with Gasteiger partial charge < -0.3 is 19.3 Å². The molecule has 8 nitrogen and oxygen atoms in total. The Hall–Kier alpha value is -2.78. The fraction of sp³-hybridized carbons (Fsp3) is 0.480. The first-order valence-electron chi connectivity index (χ1n) is 11.8. The highest BCUT2D eigenvalue weighted by Gasteiger charge is 2.27. The van der Waals surface area contributed by atoms with E-state index in [1.165, 1.54) is 0 Å². The number of aryl methyl sites for hydroxylation is 1. The van der Waals surface area contributed by atoms with Crippen molar-refractivity contribution in [3.63, 3.8) is 0 Å². The van der Waals surface area contributed by atoms with Gasteiger partial charge in [-0.15, -0.1) is 0 Å². The first-order chi connectivity index (χ1) is 16.4. The Morgan fingerprint density at radius 3 is 2.21 bits per heavy atom. The van der Waals surface area contributed by atoms with Crippen molar-refractivity contribution in [3.05, 3.63) is 48.0 Å². The molecule has 0 aromatic heterocycles. The van der Waals surface area contributed by atoms with E-state index < -0.39 is 10.0 Å². The fourth-order valence-electron chi connectivity index (χ4n) is 4.44. The Morgan fingerprint density at radius 2 is 1.59 bits per heavy atom. The van der Waals surface area contributed by atoms with Crippen molar-refractivity contribution >= 4 is 21.6 Å². The summed E-state index contributed by atoms with van der Waals surface area (Å²) in [4.78, 5) is 17.0. The molecule has 4 rings (SSSR count). The minimum Gasteiger partial charge on any atom is -0.497 e. The molecule has 0 unspecified atom stereocenters. The monoisotopic (exact) mass is 487 g/mol. The van der Waals surface area contributed by atoms with Crippen LogP contribution in [0.25, 0.3) is 0 Å². The number of methoxy groups -OCH3 is 1. The highest BCUT2D eigenvalue weighted by atomic mass is 32.2. The van der Waals surface area contributed by atoms with Gasteiger partial charge in [-0.25, -0.2) is 8.42 Å². The summed E-state index contributed by atoms with van der Waals surface area (Å²) in [5, 5.41) is 0. The quantitative estimate of drug-likeness (QED) is 0.598. The first kappa shape index (κ1) is 24.3. The van der Waals surface area contributed by atoms with Crippen molar-refractivity contribution in [2.45, 2.75) is 31.1 Å². The smallest absolute Gasteiger partial charge is 0.260 e. The van der Waals surface area contributed by atoms with Gasteiger partial charge in [0.2, 0.25) is 10.0 Å². The topological polar surface area (TPSA) is 79.4 Å². The van der Waals surface area contributed by atoms with E-state index in [0.29, 0.717) is 37.5 Å². The number of amides is 1. The number of piperidine rings is 1. The van der Waals surface area contributed by atoms with Crippen molar-refractivity contribution in [1.29, 1.82) is 0 Å². The standard InChI is InChI=1S/C25H33N3O5S/c1-20-18-23(34(30,31)28-12-4-3-5-13-28)10-11-24(20)33-19-25(29)27-16-14-26(15-17-27)21-6-8-22(32-2)9-7-21/h6-11,18H,3-5,12-17,19H2,1-2H3. The minimum atomic E-state index is -3.49. The third-order valence-electron chi connectivity index (χ3n) is 6.52. The molecule has 2 aliphatic heterocycles. The Morgan fingerprint density at radius 1 is 0.912 bits per heavy atom. The lowest BCUT2D eigenvalue weighted by atomic mass is 10.2. The van der Waals surface area contributed by atoms with Crippen LogP contribution in [0.1, 0.15) is 24.8 Å². The number of rotatable bonds is 7. The molecule has 2 fully saturated rings. The van der Waals surface area contributed by atoms with E-state index >= 15 is 0 Å².